The second kappa shape index (κ2) is 14.4. The fraction of sp³-hybridized carbons (Fsp3) is 0.500. The number of nitro groups is 1. The predicted molar refractivity (Wildman–Crippen MR) is 123 cm³/mol. The molecule has 14 nitrogen and oxygen atoms in total. The number of aliphatic imine (C=N–C) groups is 1. The Bertz CT molecular complexity index is 864. The third-order valence-electron chi connectivity index (χ3n) is 4.76. The molecular formula is C20H32N8O6. The number of guanidine groups is 1. The Morgan fingerprint density at radius 2 is 1.76 bits per heavy atom. The van der Waals surface area contributed by atoms with E-state index in [-0.39, 0.29) is 31.7 Å². The predicted octanol–water partition coefficient (Wildman–Crippen LogP) is -1.44. The van der Waals surface area contributed by atoms with Crippen molar-refractivity contribution in [1.82, 2.24) is 21.5 Å². The van der Waals surface area contributed by atoms with Gasteiger partial charge in [0.15, 0.2) is 5.03 Å². The SMILES string of the molecule is CC(C)[C@H](NC(=O)[C@@H](N)Cc1ccccc1)C(=O)N[C@@H](CCCN=C(N)N[N+](=O)[O-])C(=O)NO. The van der Waals surface area contributed by atoms with Crippen molar-refractivity contribution < 1.29 is 24.6 Å². The second-order valence-electron chi connectivity index (χ2n) is 7.84. The topological polar surface area (TPSA) is 227 Å². The lowest BCUT2D eigenvalue weighted by molar-refractivity contribution is -0.525. The molecule has 0 saturated heterocycles. The Labute approximate surface area is 196 Å². The number of amides is 3. The third-order valence-corrected chi connectivity index (χ3v) is 4.76. The summed E-state index contributed by atoms with van der Waals surface area (Å²) in [4.78, 5) is 51.4. The molecule has 14 heteroatoms. The first-order valence-corrected chi connectivity index (χ1v) is 10.6. The van der Waals surface area contributed by atoms with Gasteiger partial charge >= 0.3 is 0 Å². The lowest BCUT2D eigenvalue weighted by atomic mass is 10.0. The van der Waals surface area contributed by atoms with E-state index in [0.717, 1.165) is 5.56 Å². The van der Waals surface area contributed by atoms with Gasteiger partial charge in [0.2, 0.25) is 11.8 Å². The third kappa shape index (κ3) is 10.2. The first-order chi connectivity index (χ1) is 16.0. The lowest BCUT2D eigenvalue weighted by Crippen LogP contribution is -2.57. The van der Waals surface area contributed by atoms with Gasteiger partial charge in [0.1, 0.15) is 12.1 Å². The van der Waals surface area contributed by atoms with E-state index in [1.54, 1.807) is 19.3 Å². The van der Waals surface area contributed by atoms with Gasteiger partial charge in [-0.05, 0) is 30.7 Å². The number of rotatable bonds is 13. The first-order valence-electron chi connectivity index (χ1n) is 10.6. The van der Waals surface area contributed by atoms with Gasteiger partial charge in [-0.3, -0.25) is 19.6 Å². The number of nitrogens with two attached hydrogens (primary N) is 2. The van der Waals surface area contributed by atoms with Gasteiger partial charge in [-0.25, -0.2) is 20.6 Å². The molecule has 3 atom stereocenters. The molecule has 0 heterocycles. The molecule has 188 valence electrons. The number of benzene rings is 1. The van der Waals surface area contributed by atoms with Crippen LogP contribution < -0.4 is 33.0 Å². The number of nitrogens with zero attached hydrogens (tertiary/aromatic N) is 2. The summed E-state index contributed by atoms with van der Waals surface area (Å²) in [5, 5.41) is 23.5. The van der Waals surface area contributed by atoms with Crippen LogP contribution in [0.5, 0.6) is 0 Å². The highest BCUT2D eigenvalue weighted by molar-refractivity contribution is 5.93. The van der Waals surface area contributed by atoms with Crippen LogP contribution in [-0.4, -0.2) is 58.6 Å². The van der Waals surface area contributed by atoms with Gasteiger partial charge in [-0.1, -0.05) is 49.6 Å². The van der Waals surface area contributed by atoms with E-state index in [9.17, 15) is 24.5 Å². The standard InChI is InChI=1S/C20H32N8O6/c1-12(2)16(25-17(29)14(21)11-13-7-4-3-5-8-13)19(31)24-15(18(30)27-32)9-6-10-23-20(22)26-28(33)34/h3-5,7-8,12,14-16,32H,6,9-11,21H2,1-2H3,(H,24,31)(H,25,29)(H,27,30)(H3,22,23,26)/t14-,15-,16-/m0/s1. The van der Waals surface area contributed by atoms with E-state index in [0.29, 0.717) is 0 Å². The molecule has 0 aliphatic heterocycles. The molecule has 0 unspecified atom stereocenters. The maximum absolute atomic E-state index is 12.8. The maximum atomic E-state index is 12.8. The summed E-state index contributed by atoms with van der Waals surface area (Å²) in [6.45, 7) is 3.46. The number of hydrogen-bond acceptors (Lipinski definition) is 8. The Kier molecular flexibility index (Phi) is 12.0. The van der Waals surface area contributed by atoms with E-state index in [1.807, 2.05) is 30.3 Å². The summed E-state index contributed by atoms with van der Waals surface area (Å²) in [6, 6.07) is 6.16. The molecular weight excluding hydrogens is 448 g/mol. The van der Waals surface area contributed by atoms with Gasteiger partial charge in [-0.15, -0.1) is 0 Å². The molecule has 0 bridgehead atoms. The molecule has 0 aliphatic carbocycles. The van der Waals surface area contributed by atoms with Gasteiger partial charge in [-0.2, -0.15) is 0 Å². The van der Waals surface area contributed by atoms with Crippen LogP contribution in [0.15, 0.2) is 35.3 Å². The van der Waals surface area contributed by atoms with E-state index in [2.05, 4.69) is 15.6 Å². The lowest BCUT2D eigenvalue weighted by Gasteiger charge is -2.26. The summed E-state index contributed by atoms with van der Waals surface area (Å²) in [6.07, 6.45) is 0.530. The molecule has 9 N–H and O–H groups in total. The zero-order valence-corrected chi connectivity index (χ0v) is 19.1. The molecule has 0 aromatic heterocycles. The van der Waals surface area contributed by atoms with E-state index >= 15 is 0 Å². The summed E-state index contributed by atoms with van der Waals surface area (Å²) < 4.78 is 0. The molecule has 0 radical (unpaired) electrons. The van der Waals surface area contributed by atoms with Crippen molar-refractivity contribution in [3.05, 3.63) is 46.0 Å². The normalized spacial score (nSPS) is 14.0. The minimum absolute atomic E-state index is 0.0242. The van der Waals surface area contributed by atoms with Crippen LogP contribution in [0, 0.1) is 16.0 Å². The van der Waals surface area contributed by atoms with Crippen molar-refractivity contribution in [2.45, 2.75) is 51.2 Å². The van der Waals surface area contributed by atoms with Crippen LogP contribution in [0.3, 0.4) is 0 Å². The Morgan fingerprint density at radius 3 is 2.32 bits per heavy atom. The van der Waals surface area contributed by atoms with Crippen LogP contribution in [0.4, 0.5) is 0 Å². The smallest absolute Gasteiger partial charge is 0.265 e. The van der Waals surface area contributed by atoms with E-state index in [1.165, 1.54) is 5.48 Å². The molecule has 1 aromatic rings. The molecule has 0 fully saturated rings. The van der Waals surface area contributed by atoms with Crippen LogP contribution in [0.1, 0.15) is 32.3 Å². The van der Waals surface area contributed by atoms with Crippen LogP contribution in [-0.2, 0) is 20.8 Å². The van der Waals surface area contributed by atoms with Gasteiger partial charge in [0, 0.05) is 6.54 Å². The van der Waals surface area contributed by atoms with Crippen LogP contribution >= 0.6 is 0 Å². The zero-order valence-electron chi connectivity index (χ0n) is 19.1. The molecule has 34 heavy (non-hydrogen) atoms. The summed E-state index contributed by atoms with van der Waals surface area (Å²) >= 11 is 0. The number of carbonyl (C=O) groups is 3. The molecule has 1 rings (SSSR count). The van der Waals surface area contributed by atoms with Crippen molar-refractivity contribution >= 4 is 23.7 Å². The number of hydrazine groups is 1. The molecule has 0 saturated carbocycles. The average molecular weight is 481 g/mol. The average Bonchev–Trinajstić information content (AvgIpc) is 2.78. The molecule has 1 aromatic carbocycles. The van der Waals surface area contributed by atoms with Crippen molar-refractivity contribution in [3.8, 4) is 0 Å². The molecule has 0 spiro atoms. The largest absolute Gasteiger partial charge is 0.365 e. The summed E-state index contributed by atoms with van der Waals surface area (Å²) in [7, 11) is 0. The molecule has 0 aliphatic rings. The van der Waals surface area contributed by atoms with E-state index in [4.69, 9.17) is 16.7 Å². The molecule has 3 amide bonds. The first kappa shape index (κ1) is 28.3. The van der Waals surface area contributed by atoms with Gasteiger partial charge in [0.05, 0.1) is 6.04 Å². The number of hydroxylamine groups is 1. The van der Waals surface area contributed by atoms with Crippen molar-refractivity contribution in [2.24, 2.45) is 22.4 Å². The van der Waals surface area contributed by atoms with Gasteiger partial charge in [0.25, 0.3) is 11.9 Å². The van der Waals surface area contributed by atoms with Crippen LogP contribution in [0.2, 0.25) is 0 Å². The highest BCUT2D eigenvalue weighted by atomic mass is 16.7. The highest BCUT2D eigenvalue weighted by Gasteiger charge is 2.30. The fourth-order valence-corrected chi connectivity index (χ4v) is 2.99. The minimum atomic E-state index is -1.14. The quantitative estimate of drug-likeness (QED) is 0.0437. The van der Waals surface area contributed by atoms with Crippen molar-refractivity contribution in [1.29, 1.82) is 0 Å². The Balaban J connectivity index is 2.73. The van der Waals surface area contributed by atoms with Gasteiger partial charge < -0.3 is 22.1 Å². The van der Waals surface area contributed by atoms with Crippen LogP contribution in [0.25, 0.3) is 0 Å². The van der Waals surface area contributed by atoms with Crippen molar-refractivity contribution in [3.63, 3.8) is 0 Å². The number of hydrogen-bond donors (Lipinski definition) is 7. The highest BCUT2D eigenvalue weighted by Crippen LogP contribution is 2.07. The monoisotopic (exact) mass is 480 g/mol. The Morgan fingerprint density at radius 1 is 1.12 bits per heavy atom. The summed E-state index contributed by atoms with van der Waals surface area (Å²) in [5.41, 5.74) is 15.3. The second-order valence-corrected chi connectivity index (χ2v) is 7.84. The number of nitrogens with one attached hydrogen (secondary N) is 4. The minimum Gasteiger partial charge on any atom is -0.365 e. The van der Waals surface area contributed by atoms with Crippen molar-refractivity contribution in [2.75, 3.05) is 6.54 Å². The zero-order chi connectivity index (χ0) is 25.7. The fourth-order valence-electron chi connectivity index (χ4n) is 2.99. The van der Waals surface area contributed by atoms with E-state index < -0.39 is 46.8 Å². The Hall–Kier alpha value is -3.78. The number of carbonyl (C=O) groups excluding carboxylic acids is 3. The maximum Gasteiger partial charge on any atom is 0.265 e. The summed E-state index contributed by atoms with van der Waals surface area (Å²) in [5.74, 6) is -2.77.